The van der Waals surface area contributed by atoms with Gasteiger partial charge in [0.1, 0.15) is 0 Å². The minimum Gasteiger partial charge on any atom is -0.387 e. The monoisotopic (exact) mass is 291 g/mol. The molecular formula is C16H15F2NO2. The fourth-order valence-electron chi connectivity index (χ4n) is 2.09. The van der Waals surface area contributed by atoms with Crippen LogP contribution in [-0.4, -0.2) is 15.9 Å². The molecule has 0 aliphatic heterocycles. The van der Waals surface area contributed by atoms with Crippen molar-refractivity contribution in [2.24, 2.45) is 0 Å². The first kappa shape index (κ1) is 15.3. The van der Waals surface area contributed by atoms with E-state index in [0.29, 0.717) is 24.1 Å². The van der Waals surface area contributed by atoms with Gasteiger partial charge < -0.3 is 5.11 Å². The van der Waals surface area contributed by atoms with Crippen LogP contribution in [0.2, 0.25) is 0 Å². The second kappa shape index (κ2) is 7.04. The van der Waals surface area contributed by atoms with Crippen LogP contribution in [0.5, 0.6) is 0 Å². The molecule has 1 aromatic heterocycles. The lowest BCUT2D eigenvalue weighted by atomic mass is 10.1. The molecule has 3 nitrogen and oxygen atoms in total. The van der Waals surface area contributed by atoms with Gasteiger partial charge in [0.15, 0.2) is 17.4 Å². The number of Topliss-reactive ketones (excluding diaryl/α,β-unsaturated/α-hetero) is 1. The number of carbonyl (C=O) groups is 1. The van der Waals surface area contributed by atoms with Gasteiger partial charge in [0.05, 0.1) is 11.8 Å². The molecule has 0 fully saturated rings. The van der Waals surface area contributed by atoms with Gasteiger partial charge in [-0.25, -0.2) is 8.78 Å². The maximum absolute atomic E-state index is 11.9. The minimum atomic E-state index is -0.799. The molecule has 0 radical (unpaired) electrons. The van der Waals surface area contributed by atoms with Crippen LogP contribution in [-0.2, 0) is 0 Å². The number of pyridine rings is 1. The summed E-state index contributed by atoms with van der Waals surface area (Å²) >= 11 is 0. The molecule has 2 aromatic rings. The standard InChI is InChI=1S/C10H11NO2.C6H4F2/c12-8-4-1-5-9(13)10-7(8)3-2-6-11-10;7-5-3-1-2-4-6(5)8/h2-3,6,9,13H,1,4-5H2;1-4H/t9-;/m1./s1. The van der Waals surface area contributed by atoms with Crippen LogP contribution in [0.1, 0.15) is 41.4 Å². The lowest BCUT2D eigenvalue weighted by Gasteiger charge is -2.07. The van der Waals surface area contributed by atoms with Crippen LogP contribution in [0.15, 0.2) is 42.6 Å². The molecule has 5 heteroatoms. The Bertz CT molecular complexity index is 610. The van der Waals surface area contributed by atoms with Crippen molar-refractivity contribution in [1.29, 1.82) is 0 Å². The normalized spacial score (nSPS) is 17.3. The number of aliphatic hydroxyl groups is 1. The van der Waals surface area contributed by atoms with Crippen molar-refractivity contribution in [3.8, 4) is 0 Å². The third-order valence-corrected chi connectivity index (χ3v) is 3.16. The van der Waals surface area contributed by atoms with E-state index in [1.165, 1.54) is 12.1 Å². The molecule has 0 unspecified atom stereocenters. The van der Waals surface area contributed by atoms with E-state index in [4.69, 9.17) is 0 Å². The van der Waals surface area contributed by atoms with Gasteiger partial charge in [-0.05, 0) is 37.1 Å². The van der Waals surface area contributed by atoms with E-state index < -0.39 is 17.7 Å². The first-order valence-corrected chi connectivity index (χ1v) is 6.66. The Morgan fingerprint density at radius 2 is 1.76 bits per heavy atom. The molecule has 1 aliphatic carbocycles. The lowest BCUT2D eigenvalue weighted by Crippen LogP contribution is -2.04. The van der Waals surface area contributed by atoms with Crippen molar-refractivity contribution < 1.29 is 18.7 Å². The maximum Gasteiger partial charge on any atom is 0.164 e. The van der Waals surface area contributed by atoms with Crippen molar-refractivity contribution in [3.63, 3.8) is 0 Å². The zero-order valence-corrected chi connectivity index (χ0v) is 11.3. The Labute approximate surface area is 121 Å². The van der Waals surface area contributed by atoms with Crippen molar-refractivity contribution in [2.45, 2.75) is 25.4 Å². The molecule has 21 heavy (non-hydrogen) atoms. The fraction of sp³-hybridized carbons (Fsp3) is 0.250. The number of ketones is 1. The smallest absolute Gasteiger partial charge is 0.164 e. The molecule has 0 bridgehead atoms. The third kappa shape index (κ3) is 3.92. The average Bonchev–Trinajstić information content (AvgIpc) is 2.64. The van der Waals surface area contributed by atoms with Gasteiger partial charge >= 0.3 is 0 Å². The zero-order valence-electron chi connectivity index (χ0n) is 11.3. The summed E-state index contributed by atoms with van der Waals surface area (Å²) in [7, 11) is 0. The van der Waals surface area contributed by atoms with E-state index in [2.05, 4.69) is 4.98 Å². The number of rotatable bonds is 0. The van der Waals surface area contributed by atoms with Crippen molar-refractivity contribution in [3.05, 3.63) is 65.5 Å². The van der Waals surface area contributed by atoms with Crippen molar-refractivity contribution >= 4 is 5.78 Å². The molecule has 0 amide bonds. The number of benzene rings is 1. The minimum absolute atomic E-state index is 0.0969. The molecular weight excluding hydrogens is 276 g/mol. The molecule has 0 saturated carbocycles. The molecule has 1 atom stereocenters. The van der Waals surface area contributed by atoms with Crippen LogP contribution < -0.4 is 0 Å². The van der Waals surface area contributed by atoms with Gasteiger partial charge in [0, 0.05) is 18.2 Å². The van der Waals surface area contributed by atoms with E-state index in [1.807, 2.05) is 0 Å². The van der Waals surface area contributed by atoms with Crippen LogP contribution in [0, 0.1) is 11.6 Å². The summed E-state index contributed by atoms with van der Waals surface area (Å²) in [6, 6.07) is 8.51. The molecule has 1 N–H and O–H groups in total. The van der Waals surface area contributed by atoms with Gasteiger partial charge in [-0.2, -0.15) is 0 Å². The molecule has 1 heterocycles. The molecule has 110 valence electrons. The van der Waals surface area contributed by atoms with E-state index in [0.717, 1.165) is 18.6 Å². The lowest BCUT2D eigenvalue weighted by molar-refractivity contribution is 0.0981. The molecule has 1 aliphatic rings. The number of aliphatic hydroxyl groups excluding tert-OH is 1. The highest BCUT2D eigenvalue weighted by atomic mass is 19.2. The first-order chi connectivity index (χ1) is 10.1. The first-order valence-electron chi connectivity index (χ1n) is 6.66. The summed E-state index contributed by atoms with van der Waals surface area (Å²) in [5.41, 5.74) is 1.14. The molecule has 0 spiro atoms. The summed E-state index contributed by atoms with van der Waals surface area (Å²) in [4.78, 5) is 15.5. The number of fused-ring (bicyclic) bond motifs is 1. The number of nitrogens with zero attached hydrogens (tertiary/aromatic N) is 1. The fourth-order valence-corrected chi connectivity index (χ4v) is 2.09. The van der Waals surface area contributed by atoms with E-state index >= 15 is 0 Å². The van der Waals surface area contributed by atoms with Gasteiger partial charge in [-0.15, -0.1) is 0 Å². The Hall–Kier alpha value is -2.14. The Kier molecular flexibility index (Phi) is 5.11. The molecule has 0 saturated heterocycles. The predicted octanol–water partition coefficient (Wildman–Crippen LogP) is 3.45. The Balaban J connectivity index is 0.000000173. The number of aromatic nitrogens is 1. The highest BCUT2D eigenvalue weighted by molar-refractivity contribution is 5.97. The summed E-state index contributed by atoms with van der Waals surface area (Å²) in [5.74, 6) is -1.50. The molecule has 3 rings (SSSR count). The van der Waals surface area contributed by atoms with Crippen LogP contribution in [0.4, 0.5) is 8.78 Å². The van der Waals surface area contributed by atoms with E-state index in [-0.39, 0.29) is 5.78 Å². The quantitative estimate of drug-likeness (QED) is 0.756. The highest BCUT2D eigenvalue weighted by Gasteiger charge is 2.21. The summed E-state index contributed by atoms with van der Waals surface area (Å²) < 4.78 is 23.9. The van der Waals surface area contributed by atoms with E-state index in [9.17, 15) is 18.7 Å². The van der Waals surface area contributed by atoms with Gasteiger partial charge in [0.25, 0.3) is 0 Å². The number of carbonyl (C=O) groups excluding carboxylic acids is 1. The maximum atomic E-state index is 11.9. The SMILES string of the molecule is Fc1ccccc1F.O=C1CCC[C@@H](O)c2ncccc21. The topological polar surface area (TPSA) is 50.2 Å². The third-order valence-electron chi connectivity index (χ3n) is 3.16. The van der Waals surface area contributed by atoms with Gasteiger partial charge in [-0.1, -0.05) is 12.1 Å². The number of hydrogen-bond donors (Lipinski definition) is 1. The largest absolute Gasteiger partial charge is 0.387 e. The number of halogens is 2. The predicted molar refractivity (Wildman–Crippen MR) is 73.7 cm³/mol. The van der Waals surface area contributed by atoms with Crippen molar-refractivity contribution in [2.75, 3.05) is 0 Å². The second-order valence-corrected chi connectivity index (χ2v) is 4.68. The second-order valence-electron chi connectivity index (χ2n) is 4.68. The van der Waals surface area contributed by atoms with Crippen LogP contribution in [0.25, 0.3) is 0 Å². The summed E-state index contributed by atoms with van der Waals surface area (Å²) in [5, 5.41) is 9.64. The highest BCUT2D eigenvalue weighted by Crippen LogP contribution is 2.26. The molecule has 1 aromatic carbocycles. The van der Waals surface area contributed by atoms with Crippen molar-refractivity contribution in [1.82, 2.24) is 4.98 Å². The Morgan fingerprint density at radius 3 is 2.38 bits per heavy atom. The summed E-state index contributed by atoms with van der Waals surface area (Å²) in [6.45, 7) is 0. The van der Waals surface area contributed by atoms with E-state index in [1.54, 1.807) is 18.3 Å². The average molecular weight is 291 g/mol. The van der Waals surface area contributed by atoms with Crippen LogP contribution in [0.3, 0.4) is 0 Å². The van der Waals surface area contributed by atoms with Gasteiger partial charge in [0.2, 0.25) is 0 Å². The summed E-state index contributed by atoms with van der Waals surface area (Å²) in [6.07, 6.45) is 2.95. The van der Waals surface area contributed by atoms with Crippen LogP contribution >= 0.6 is 0 Å². The Morgan fingerprint density at radius 1 is 1.10 bits per heavy atom. The van der Waals surface area contributed by atoms with Gasteiger partial charge in [-0.3, -0.25) is 9.78 Å². The number of hydrogen-bond acceptors (Lipinski definition) is 3. The zero-order chi connectivity index (χ0) is 15.2.